The summed E-state index contributed by atoms with van der Waals surface area (Å²) in [6.45, 7) is 4.10. The molecule has 16 heavy (non-hydrogen) atoms. The van der Waals surface area contributed by atoms with Gasteiger partial charge in [-0.05, 0) is 44.4 Å². The summed E-state index contributed by atoms with van der Waals surface area (Å²) in [5.41, 5.74) is 6.98. The summed E-state index contributed by atoms with van der Waals surface area (Å²) in [6.07, 6.45) is 6.26. The normalized spacial score (nSPS) is 12.0. The van der Waals surface area contributed by atoms with Crippen molar-refractivity contribution in [2.24, 2.45) is 5.73 Å². The molecule has 0 saturated heterocycles. The molecular formula is C14H21NO. The minimum Gasteiger partial charge on any atom is -0.497 e. The first kappa shape index (κ1) is 12.8. The number of benzene rings is 1. The molecule has 0 aliphatic rings. The van der Waals surface area contributed by atoms with Crippen molar-refractivity contribution < 1.29 is 4.74 Å². The number of allylic oxidation sites excluding steroid dienone is 1. The fourth-order valence-corrected chi connectivity index (χ4v) is 1.42. The van der Waals surface area contributed by atoms with Crippen LogP contribution in [0.3, 0.4) is 0 Å². The van der Waals surface area contributed by atoms with Gasteiger partial charge in [-0.1, -0.05) is 24.3 Å². The van der Waals surface area contributed by atoms with Crippen molar-refractivity contribution in [1.29, 1.82) is 0 Å². The molecule has 0 aromatic heterocycles. The highest BCUT2D eigenvalue weighted by Crippen LogP contribution is 2.14. The molecule has 0 atom stereocenters. The highest BCUT2D eigenvalue weighted by Gasteiger charge is 2.07. The van der Waals surface area contributed by atoms with Crippen molar-refractivity contribution in [1.82, 2.24) is 0 Å². The molecule has 1 rings (SSSR count). The maximum Gasteiger partial charge on any atom is 0.119 e. The van der Waals surface area contributed by atoms with E-state index in [-0.39, 0.29) is 5.54 Å². The number of hydrogen-bond acceptors (Lipinski definition) is 2. The largest absolute Gasteiger partial charge is 0.497 e. The number of nitrogens with two attached hydrogens (primary N) is 1. The van der Waals surface area contributed by atoms with Crippen molar-refractivity contribution >= 4 is 6.08 Å². The zero-order chi connectivity index (χ0) is 12.0. The van der Waals surface area contributed by atoms with Crippen LogP contribution in [-0.4, -0.2) is 12.6 Å². The van der Waals surface area contributed by atoms with Gasteiger partial charge in [-0.15, -0.1) is 0 Å². The topological polar surface area (TPSA) is 35.2 Å². The lowest BCUT2D eigenvalue weighted by molar-refractivity contribution is 0.414. The van der Waals surface area contributed by atoms with Crippen LogP contribution in [-0.2, 0) is 0 Å². The molecule has 1 aromatic rings. The molecule has 0 heterocycles. The standard InChI is InChI=1S/C14H21NO/c1-14(2,15)10-5-4-7-12-8-6-9-13(11-12)16-3/h4,6-9,11H,5,10,15H2,1-3H3/b7-4+. The molecule has 0 aliphatic carbocycles. The SMILES string of the molecule is COc1cccc(/C=C/CCC(C)(C)N)c1. The van der Waals surface area contributed by atoms with E-state index in [1.54, 1.807) is 7.11 Å². The third kappa shape index (κ3) is 4.99. The average molecular weight is 219 g/mol. The maximum atomic E-state index is 5.91. The van der Waals surface area contributed by atoms with E-state index < -0.39 is 0 Å². The smallest absolute Gasteiger partial charge is 0.119 e. The zero-order valence-corrected chi connectivity index (χ0v) is 10.4. The Bertz CT molecular complexity index is 350. The molecule has 2 N–H and O–H groups in total. The monoisotopic (exact) mass is 219 g/mol. The predicted molar refractivity (Wildman–Crippen MR) is 69.5 cm³/mol. The average Bonchev–Trinajstić information content (AvgIpc) is 2.23. The van der Waals surface area contributed by atoms with Gasteiger partial charge >= 0.3 is 0 Å². The molecule has 2 heteroatoms. The Balaban J connectivity index is 2.49. The minimum absolute atomic E-state index is 0.0846. The maximum absolute atomic E-state index is 5.91. The first-order chi connectivity index (χ1) is 7.51. The second-order valence-corrected chi connectivity index (χ2v) is 4.71. The summed E-state index contributed by atoms with van der Waals surface area (Å²) < 4.78 is 5.16. The first-order valence-electron chi connectivity index (χ1n) is 5.61. The van der Waals surface area contributed by atoms with Crippen LogP contribution >= 0.6 is 0 Å². The molecule has 0 amide bonds. The van der Waals surface area contributed by atoms with Crippen LogP contribution in [0.1, 0.15) is 32.3 Å². The van der Waals surface area contributed by atoms with E-state index in [9.17, 15) is 0 Å². The van der Waals surface area contributed by atoms with E-state index in [2.05, 4.69) is 18.2 Å². The van der Waals surface area contributed by atoms with Gasteiger partial charge in [0.25, 0.3) is 0 Å². The molecule has 0 fully saturated rings. The fourth-order valence-electron chi connectivity index (χ4n) is 1.42. The molecule has 0 saturated carbocycles. The van der Waals surface area contributed by atoms with Gasteiger partial charge in [0, 0.05) is 5.54 Å². The lowest BCUT2D eigenvalue weighted by atomic mass is 10.00. The number of rotatable bonds is 5. The van der Waals surface area contributed by atoms with Crippen LogP contribution in [0.2, 0.25) is 0 Å². The summed E-state index contributed by atoms with van der Waals surface area (Å²) in [4.78, 5) is 0. The summed E-state index contributed by atoms with van der Waals surface area (Å²) in [6, 6.07) is 8.02. The van der Waals surface area contributed by atoms with Gasteiger partial charge in [0.15, 0.2) is 0 Å². The van der Waals surface area contributed by atoms with Crippen molar-refractivity contribution in [3.8, 4) is 5.75 Å². The molecule has 0 aliphatic heterocycles. The first-order valence-corrected chi connectivity index (χ1v) is 5.61. The van der Waals surface area contributed by atoms with Gasteiger partial charge < -0.3 is 10.5 Å². The van der Waals surface area contributed by atoms with Crippen molar-refractivity contribution in [3.63, 3.8) is 0 Å². The Labute approximate surface area is 98.1 Å². The highest BCUT2D eigenvalue weighted by molar-refractivity contribution is 5.51. The molecule has 0 spiro atoms. The highest BCUT2D eigenvalue weighted by atomic mass is 16.5. The summed E-state index contributed by atoms with van der Waals surface area (Å²) in [5.74, 6) is 0.890. The van der Waals surface area contributed by atoms with Gasteiger partial charge in [-0.2, -0.15) is 0 Å². The van der Waals surface area contributed by atoms with Gasteiger partial charge in [0.1, 0.15) is 5.75 Å². The van der Waals surface area contributed by atoms with Crippen molar-refractivity contribution in [2.45, 2.75) is 32.2 Å². The molecule has 1 aromatic carbocycles. The van der Waals surface area contributed by atoms with E-state index in [0.29, 0.717) is 0 Å². The van der Waals surface area contributed by atoms with Gasteiger partial charge in [0.05, 0.1) is 7.11 Å². The van der Waals surface area contributed by atoms with E-state index in [1.165, 1.54) is 0 Å². The molecule has 0 unspecified atom stereocenters. The Kier molecular flexibility index (Phi) is 4.56. The lowest BCUT2D eigenvalue weighted by Gasteiger charge is -2.16. The second-order valence-electron chi connectivity index (χ2n) is 4.71. The lowest BCUT2D eigenvalue weighted by Crippen LogP contribution is -2.31. The van der Waals surface area contributed by atoms with Crippen LogP contribution in [0.15, 0.2) is 30.3 Å². The van der Waals surface area contributed by atoms with Gasteiger partial charge in [0.2, 0.25) is 0 Å². The van der Waals surface area contributed by atoms with Gasteiger partial charge in [-0.25, -0.2) is 0 Å². The number of methoxy groups -OCH3 is 1. The molecular weight excluding hydrogens is 198 g/mol. The van der Waals surface area contributed by atoms with Crippen LogP contribution in [0, 0.1) is 0 Å². The van der Waals surface area contributed by atoms with Gasteiger partial charge in [-0.3, -0.25) is 0 Å². The third-order valence-corrected chi connectivity index (χ3v) is 2.36. The molecule has 2 nitrogen and oxygen atoms in total. The zero-order valence-electron chi connectivity index (χ0n) is 10.4. The van der Waals surface area contributed by atoms with E-state index in [1.807, 2.05) is 32.0 Å². The predicted octanol–water partition coefficient (Wildman–Crippen LogP) is 3.23. The third-order valence-electron chi connectivity index (χ3n) is 2.36. The number of ether oxygens (including phenoxy) is 1. The quantitative estimate of drug-likeness (QED) is 0.825. The summed E-state index contributed by atoms with van der Waals surface area (Å²) in [7, 11) is 1.68. The Morgan fingerprint density at radius 1 is 1.38 bits per heavy atom. The van der Waals surface area contributed by atoms with E-state index in [4.69, 9.17) is 10.5 Å². The molecule has 0 radical (unpaired) electrons. The second kappa shape index (κ2) is 5.71. The Morgan fingerprint density at radius 2 is 2.12 bits per heavy atom. The Morgan fingerprint density at radius 3 is 2.75 bits per heavy atom. The fraction of sp³-hybridized carbons (Fsp3) is 0.429. The van der Waals surface area contributed by atoms with E-state index >= 15 is 0 Å². The van der Waals surface area contributed by atoms with Crippen LogP contribution in [0.25, 0.3) is 6.08 Å². The van der Waals surface area contributed by atoms with Crippen molar-refractivity contribution in [3.05, 3.63) is 35.9 Å². The van der Waals surface area contributed by atoms with Crippen molar-refractivity contribution in [2.75, 3.05) is 7.11 Å². The summed E-state index contributed by atoms with van der Waals surface area (Å²) in [5, 5.41) is 0. The summed E-state index contributed by atoms with van der Waals surface area (Å²) >= 11 is 0. The molecule has 88 valence electrons. The van der Waals surface area contributed by atoms with E-state index in [0.717, 1.165) is 24.2 Å². The minimum atomic E-state index is -0.0846. The number of hydrogen-bond donors (Lipinski definition) is 1. The van der Waals surface area contributed by atoms with Crippen LogP contribution in [0.4, 0.5) is 0 Å². The van der Waals surface area contributed by atoms with Crippen LogP contribution in [0.5, 0.6) is 5.75 Å². The Hall–Kier alpha value is -1.28. The molecule has 0 bridgehead atoms. The van der Waals surface area contributed by atoms with Crippen LogP contribution < -0.4 is 10.5 Å².